The lowest BCUT2D eigenvalue weighted by molar-refractivity contribution is -0.307. The largest absolute Gasteiger partial charge is 0.394 e. The lowest BCUT2D eigenvalue weighted by atomic mass is 9.88. The number of hydrogen-bond donors (Lipinski definition) is 6. The maximum absolute atomic E-state index is 13.8. The second-order valence-electron chi connectivity index (χ2n) is 4.81. The van der Waals surface area contributed by atoms with E-state index in [0.29, 0.717) is 0 Å². The van der Waals surface area contributed by atoms with E-state index in [1.54, 1.807) is 0 Å². The molecule has 0 radical (unpaired) electrons. The van der Waals surface area contributed by atoms with Gasteiger partial charge in [0, 0.05) is 6.92 Å². The standard InChI is InChI=1S/C11H18FNO8/c1-4(16)13-6-8(19)10(12)11(20,3-15)21-9(6)7(18)5(17)2-14/h3,5-10,14,17-20H,2H2,1H3,(H,13,16)/t5-,6-,7-,8?,9?,10?,11+/m1/s1. The van der Waals surface area contributed by atoms with Gasteiger partial charge in [0.25, 0.3) is 5.79 Å². The summed E-state index contributed by atoms with van der Waals surface area (Å²) >= 11 is 0. The predicted octanol–water partition coefficient (Wildman–Crippen LogP) is -3.81. The molecule has 1 aliphatic rings. The maximum Gasteiger partial charge on any atom is 0.258 e. The number of rotatable bonds is 5. The Balaban J connectivity index is 3.12. The quantitative estimate of drug-likeness (QED) is 0.282. The molecule has 0 aliphatic carbocycles. The zero-order valence-electron chi connectivity index (χ0n) is 11.1. The summed E-state index contributed by atoms with van der Waals surface area (Å²) in [6.07, 6.45) is -10.4. The molecule has 0 bridgehead atoms. The average Bonchev–Trinajstić information content (AvgIpc) is 2.45. The molecule has 21 heavy (non-hydrogen) atoms. The van der Waals surface area contributed by atoms with Crippen LogP contribution in [-0.2, 0) is 14.3 Å². The van der Waals surface area contributed by atoms with Crippen LogP contribution in [0.4, 0.5) is 4.39 Å². The van der Waals surface area contributed by atoms with Crippen LogP contribution >= 0.6 is 0 Å². The van der Waals surface area contributed by atoms with E-state index in [4.69, 9.17) is 9.84 Å². The van der Waals surface area contributed by atoms with E-state index in [9.17, 15) is 34.4 Å². The van der Waals surface area contributed by atoms with Crippen molar-refractivity contribution in [1.29, 1.82) is 0 Å². The van der Waals surface area contributed by atoms with Crippen molar-refractivity contribution in [1.82, 2.24) is 5.32 Å². The van der Waals surface area contributed by atoms with Crippen LogP contribution < -0.4 is 5.32 Å². The first-order valence-corrected chi connectivity index (χ1v) is 6.10. The molecule has 0 aromatic carbocycles. The highest BCUT2D eigenvalue weighted by atomic mass is 19.1. The molecule has 1 aliphatic heterocycles. The van der Waals surface area contributed by atoms with Crippen LogP contribution in [-0.4, -0.2) is 86.7 Å². The van der Waals surface area contributed by atoms with Gasteiger partial charge in [0.1, 0.15) is 24.4 Å². The van der Waals surface area contributed by atoms with Gasteiger partial charge in [-0.1, -0.05) is 0 Å². The number of alkyl halides is 1. The molecule has 0 spiro atoms. The highest BCUT2D eigenvalue weighted by Gasteiger charge is 2.57. The molecule has 6 N–H and O–H groups in total. The second kappa shape index (κ2) is 6.73. The van der Waals surface area contributed by atoms with Crippen LogP contribution in [0.25, 0.3) is 0 Å². The number of hydrogen-bond acceptors (Lipinski definition) is 8. The molecule has 1 saturated heterocycles. The highest BCUT2D eigenvalue weighted by molar-refractivity contribution is 5.73. The number of amides is 1. The summed E-state index contributed by atoms with van der Waals surface area (Å²) in [5.74, 6) is -3.75. The molecule has 7 atom stereocenters. The minimum Gasteiger partial charge on any atom is -0.394 e. The first-order chi connectivity index (χ1) is 9.67. The van der Waals surface area contributed by atoms with Gasteiger partial charge in [0.05, 0.1) is 12.6 Å². The first-order valence-electron chi connectivity index (χ1n) is 6.10. The van der Waals surface area contributed by atoms with E-state index >= 15 is 0 Å². The number of nitrogens with one attached hydrogen (secondary N) is 1. The number of halogens is 1. The normalized spacial score (nSPS) is 39.4. The van der Waals surface area contributed by atoms with Crippen molar-refractivity contribution in [3.8, 4) is 0 Å². The van der Waals surface area contributed by atoms with Crippen molar-refractivity contribution in [3.63, 3.8) is 0 Å². The van der Waals surface area contributed by atoms with Gasteiger partial charge in [0.15, 0.2) is 12.5 Å². The molecule has 122 valence electrons. The third-order valence-corrected chi connectivity index (χ3v) is 3.20. The van der Waals surface area contributed by atoms with Crippen molar-refractivity contribution in [2.45, 2.75) is 49.3 Å². The zero-order chi connectivity index (χ0) is 16.4. The lowest BCUT2D eigenvalue weighted by Gasteiger charge is -2.46. The van der Waals surface area contributed by atoms with Gasteiger partial charge in [-0.25, -0.2) is 4.39 Å². The molecule has 1 fully saturated rings. The smallest absolute Gasteiger partial charge is 0.258 e. The molecule has 0 saturated carbocycles. The molecule has 0 aromatic heterocycles. The summed E-state index contributed by atoms with van der Waals surface area (Å²) in [6, 6.07) is -1.55. The van der Waals surface area contributed by atoms with Crippen molar-refractivity contribution in [2.75, 3.05) is 6.61 Å². The second-order valence-corrected chi connectivity index (χ2v) is 4.81. The van der Waals surface area contributed by atoms with E-state index in [1.807, 2.05) is 0 Å². The molecular weight excluding hydrogens is 293 g/mol. The van der Waals surface area contributed by atoms with Crippen molar-refractivity contribution < 1.29 is 44.2 Å². The summed E-state index contributed by atoms with van der Waals surface area (Å²) in [5.41, 5.74) is 0. The van der Waals surface area contributed by atoms with Crippen molar-refractivity contribution in [2.24, 2.45) is 0 Å². The Bertz CT molecular complexity index is 396. The van der Waals surface area contributed by atoms with E-state index in [-0.39, 0.29) is 6.29 Å². The number of aliphatic hydroxyl groups excluding tert-OH is 4. The summed E-state index contributed by atoms with van der Waals surface area (Å²) in [5, 5.41) is 49.5. The Morgan fingerprint density at radius 3 is 2.52 bits per heavy atom. The third-order valence-electron chi connectivity index (χ3n) is 3.20. The van der Waals surface area contributed by atoms with Gasteiger partial charge in [0.2, 0.25) is 5.91 Å². The van der Waals surface area contributed by atoms with Gasteiger partial charge < -0.3 is 35.6 Å². The molecule has 10 heteroatoms. The van der Waals surface area contributed by atoms with E-state index in [0.717, 1.165) is 6.92 Å². The van der Waals surface area contributed by atoms with Crippen LogP contribution in [0.15, 0.2) is 0 Å². The number of ether oxygens (including phenoxy) is 1. The molecule has 9 nitrogen and oxygen atoms in total. The minimum absolute atomic E-state index is 0.310. The van der Waals surface area contributed by atoms with Crippen LogP contribution in [0.5, 0.6) is 0 Å². The van der Waals surface area contributed by atoms with E-state index < -0.39 is 54.9 Å². The van der Waals surface area contributed by atoms with E-state index in [1.165, 1.54) is 0 Å². The average molecular weight is 311 g/mol. The monoisotopic (exact) mass is 311 g/mol. The fraction of sp³-hybridized carbons (Fsp3) is 0.818. The fourth-order valence-electron chi connectivity index (χ4n) is 2.08. The zero-order valence-corrected chi connectivity index (χ0v) is 11.1. The van der Waals surface area contributed by atoms with Gasteiger partial charge in [-0.3, -0.25) is 9.59 Å². The maximum atomic E-state index is 13.8. The van der Waals surface area contributed by atoms with Crippen LogP contribution in [0.2, 0.25) is 0 Å². The van der Waals surface area contributed by atoms with Gasteiger partial charge >= 0.3 is 0 Å². The van der Waals surface area contributed by atoms with Gasteiger partial charge in [-0.2, -0.15) is 0 Å². The van der Waals surface area contributed by atoms with Crippen LogP contribution in [0.3, 0.4) is 0 Å². The predicted molar refractivity (Wildman–Crippen MR) is 63.5 cm³/mol. The Morgan fingerprint density at radius 2 is 2.10 bits per heavy atom. The number of aliphatic hydroxyl groups is 5. The highest BCUT2D eigenvalue weighted by Crippen LogP contribution is 2.31. The van der Waals surface area contributed by atoms with E-state index in [2.05, 4.69) is 5.32 Å². The van der Waals surface area contributed by atoms with Gasteiger partial charge in [-0.05, 0) is 0 Å². The minimum atomic E-state index is -3.05. The van der Waals surface area contributed by atoms with Crippen molar-refractivity contribution >= 4 is 12.2 Å². The van der Waals surface area contributed by atoms with Crippen LogP contribution in [0, 0.1) is 0 Å². The SMILES string of the molecule is CC(=O)N[C@@H]1C(O)C(F)[C@](O)(C=O)OC1[C@H](O)[C@H](O)CO. The third kappa shape index (κ3) is 3.54. The Kier molecular flexibility index (Phi) is 5.73. The summed E-state index contributed by atoms with van der Waals surface area (Å²) in [4.78, 5) is 21.8. The number of carbonyl (C=O) groups is 2. The Labute approximate surface area is 119 Å². The topological polar surface area (TPSA) is 157 Å². The number of aldehydes is 1. The summed E-state index contributed by atoms with van der Waals surface area (Å²) in [7, 11) is 0. The number of carbonyl (C=O) groups excluding carboxylic acids is 2. The summed E-state index contributed by atoms with van der Waals surface area (Å²) in [6.45, 7) is 0.148. The van der Waals surface area contributed by atoms with Crippen molar-refractivity contribution in [3.05, 3.63) is 0 Å². The molecule has 1 rings (SSSR count). The Hall–Kier alpha value is -1.17. The molecule has 1 amide bonds. The molecule has 0 aromatic rings. The molecule has 1 heterocycles. The first kappa shape index (κ1) is 17.9. The fourth-order valence-corrected chi connectivity index (χ4v) is 2.08. The molecular formula is C11H18FNO8. The van der Waals surface area contributed by atoms with Gasteiger partial charge in [-0.15, -0.1) is 0 Å². The molecule has 3 unspecified atom stereocenters. The van der Waals surface area contributed by atoms with Crippen LogP contribution in [0.1, 0.15) is 6.92 Å². The summed E-state index contributed by atoms with van der Waals surface area (Å²) < 4.78 is 18.6. The Morgan fingerprint density at radius 1 is 1.52 bits per heavy atom. The lowest BCUT2D eigenvalue weighted by Crippen LogP contribution is -2.71.